The van der Waals surface area contributed by atoms with E-state index in [9.17, 15) is 9.59 Å². The van der Waals surface area contributed by atoms with Crippen molar-refractivity contribution in [3.8, 4) is 11.5 Å². The molecule has 2 amide bonds. The Hall–Kier alpha value is -2.57. The summed E-state index contributed by atoms with van der Waals surface area (Å²) < 4.78 is 10.4. The van der Waals surface area contributed by atoms with Crippen LogP contribution in [-0.4, -0.2) is 31.4 Å². The highest BCUT2D eigenvalue weighted by atomic mass is 16.7. The van der Waals surface area contributed by atoms with Gasteiger partial charge >= 0.3 is 11.8 Å². The normalized spacial score (nSPS) is 12.7. The molecule has 7 nitrogen and oxygen atoms in total. The van der Waals surface area contributed by atoms with Crippen LogP contribution in [0.2, 0.25) is 0 Å². The molecule has 0 radical (unpaired) electrons. The predicted octanol–water partition coefficient (Wildman–Crippen LogP) is 0.638. The molecule has 1 aliphatic rings. The number of hydrogen-bond donors (Lipinski definition) is 2. The van der Waals surface area contributed by atoms with E-state index in [1.807, 2.05) is 13.8 Å². The number of carbonyl (C=O) groups is 2. The van der Waals surface area contributed by atoms with E-state index in [-0.39, 0.29) is 12.7 Å². The minimum Gasteiger partial charge on any atom is -0.454 e. The second-order valence-electron chi connectivity index (χ2n) is 4.92. The maximum absolute atomic E-state index is 11.5. The number of hydrogen-bond acceptors (Lipinski definition) is 5. The van der Waals surface area contributed by atoms with Crippen LogP contribution in [0.1, 0.15) is 19.4 Å². The Kier molecular flexibility index (Phi) is 4.76. The van der Waals surface area contributed by atoms with Gasteiger partial charge in [0.2, 0.25) is 6.79 Å². The zero-order chi connectivity index (χ0) is 15.2. The lowest BCUT2D eigenvalue weighted by molar-refractivity contribution is -0.139. The molecule has 0 atom stereocenters. The van der Waals surface area contributed by atoms with Gasteiger partial charge in [-0.1, -0.05) is 13.8 Å². The van der Waals surface area contributed by atoms with Crippen LogP contribution in [0.5, 0.6) is 11.5 Å². The lowest BCUT2D eigenvalue weighted by Crippen LogP contribution is -2.39. The van der Waals surface area contributed by atoms with Crippen LogP contribution in [0.15, 0.2) is 23.3 Å². The highest BCUT2D eigenvalue weighted by molar-refractivity contribution is 6.35. The third-order valence-electron chi connectivity index (χ3n) is 2.65. The standard InChI is InChI=1S/C14H17N3O4/c1-9(2)6-15-13(18)14(19)17-16-7-10-3-4-11-12(5-10)21-8-20-11/h3-5,7,9H,6,8H2,1-2H3,(H,15,18)(H,17,19)/b16-7-. The molecule has 0 saturated carbocycles. The van der Waals surface area contributed by atoms with Gasteiger partial charge in [-0.25, -0.2) is 5.43 Å². The molecule has 1 aromatic carbocycles. The minimum atomic E-state index is -0.798. The fourth-order valence-corrected chi connectivity index (χ4v) is 1.59. The largest absolute Gasteiger partial charge is 0.454 e. The first-order valence-corrected chi connectivity index (χ1v) is 6.57. The van der Waals surface area contributed by atoms with E-state index in [0.717, 1.165) is 5.56 Å². The quantitative estimate of drug-likeness (QED) is 0.484. The molecule has 112 valence electrons. The molecule has 0 spiro atoms. The number of nitrogens with one attached hydrogen (secondary N) is 2. The molecular formula is C14H17N3O4. The molecule has 2 N–H and O–H groups in total. The zero-order valence-corrected chi connectivity index (χ0v) is 11.9. The third kappa shape index (κ3) is 4.20. The zero-order valence-electron chi connectivity index (χ0n) is 11.9. The van der Waals surface area contributed by atoms with E-state index < -0.39 is 11.8 Å². The molecule has 0 fully saturated rings. The third-order valence-corrected chi connectivity index (χ3v) is 2.65. The Bertz CT molecular complexity index is 569. The number of rotatable bonds is 4. The average molecular weight is 291 g/mol. The van der Waals surface area contributed by atoms with Gasteiger partial charge in [0, 0.05) is 6.54 Å². The fourth-order valence-electron chi connectivity index (χ4n) is 1.59. The van der Waals surface area contributed by atoms with Gasteiger partial charge in [0.05, 0.1) is 6.21 Å². The van der Waals surface area contributed by atoms with Crippen molar-refractivity contribution in [2.75, 3.05) is 13.3 Å². The SMILES string of the molecule is CC(C)CNC(=O)C(=O)N/N=C\c1ccc2c(c1)OCO2. The summed E-state index contributed by atoms with van der Waals surface area (Å²) in [5.41, 5.74) is 2.89. The first-order valence-electron chi connectivity index (χ1n) is 6.57. The van der Waals surface area contributed by atoms with Crippen molar-refractivity contribution < 1.29 is 19.1 Å². The number of hydrazone groups is 1. The smallest absolute Gasteiger partial charge is 0.329 e. The van der Waals surface area contributed by atoms with Gasteiger partial charge in [0.15, 0.2) is 11.5 Å². The molecule has 1 aliphatic heterocycles. The van der Waals surface area contributed by atoms with Crippen molar-refractivity contribution in [3.05, 3.63) is 23.8 Å². The minimum absolute atomic E-state index is 0.197. The van der Waals surface area contributed by atoms with Crippen molar-refractivity contribution >= 4 is 18.0 Å². The molecular weight excluding hydrogens is 274 g/mol. The summed E-state index contributed by atoms with van der Waals surface area (Å²) in [7, 11) is 0. The number of amides is 2. The number of nitrogens with zero attached hydrogens (tertiary/aromatic N) is 1. The molecule has 0 aliphatic carbocycles. The molecule has 2 rings (SSSR count). The van der Waals surface area contributed by atoms with Crippen LogP contribution in [-0.2, 0) is 9.59 Å². The lowest BCUT2D eigenvalue weighted by atomic mass is 10.2. The Balaban J connectivity index is 1.84. The van der Waals surface area contributed by atoms with Crippen LogP contribution in [0.3, 0.4) is 0 Å². The molecule has 0 aromatic heterocycles. The van der Waals surface area contributed by atoms with Gasteiger partial charge in [0.25, 0.3) is 0 Å². The van der Waals surface area contributed by atoms with E-state index in [4.69, 9.17) is 9.47 Å². The molecule has 1 heterocycles. The highest BCUT2D eigenvalue weighted by Gasteiger charge is 2.13. The molecule has 21 heavy (non-hydrogen) atoms. The van der Waals surface area contributed by atoms with Gasteiger partial charge in [-0.3, -0.25) is 9.59 Å². The van der Waals surface area contributed by atoms with Crippen molar-refractivity contribution in [1.29, 1.82) is 0 Å². The van der Waals surface area contributed by atoms with Crippen LogP contribution in [0.25, 0.3) is 0 Å². The summed E-state index contributed by atoms with van der Waals surface area (Å²) in [6, 6.07) is 5.25. The number of fused-ring (bicyclic) bond motifs is 1. The number of carbonyl (C=O) groups excluding carboxylic acids is 2. The summed E-state index contributed by atoms with van der Waals surface area (Å²) in [6.45, 7) is 4.52. The summed E-state index contributed by atoms with van der Waals surface area (Å²) in [5.74, 6) is 0.0715. The maximum Gasteiger partial charge on any atom is 0.329 e. The molecule has 0 bridgehead atoms. The van der Waals surface area contributed by atoms with Crippen LogP contribution < -0.4 is 20.2 Å². The average Bonchev–Trinajstić information content (AvgIpc) is 2.92. The van der Waals surface area contributed by atoms with E-state index in [1.54, 1.807) is 18.2 Å². The molecule has 0 saturated heterocycles. The van der Waals surface area contributed by atoms with Crippen molar-refractivity contribution in [2.45, 2.75) is 13.8 Å². The molecule has 7 heteroatoms. The summed E-state index contributed by atoms with van der Waals surface area (Å²) >= 11 is 0. The highest BCUT2D eigenvalue weighted by Crippen LogP contribution is 2.31. The van der Waals surface area contributed by atoms with E-state index in [2.05, 4.69) is 15.8 Å². The van der Waals surface area contributed by atoms with E-state index in [0.29, 0.717) is 18.0 Å². The molecule has 0 unspecified atom stereocenters. The van der Waals surface area contributed by atoms with Gasteiger partial charge in [-0.05, 0) is 29.7 Å². The summed E-state index contributed by atoms with van der Waals surface area (Å²) in [6.07, 6.45) is 1.43. The topological polar surface area (TPSA) is 89.0 Å². The Labute approximate surface area is 122 Å². The van der Waals surface area contributed by atoms with Gasteiger partial charge < -0.3 is 14.8 Å². The van der Waals surface area contributed by atoms with Crippen molar-refractivity contribution in [3.63, 3.8) is 0 Å². The monoisotopic (exact) mass is 291 g/mol. The summed E-state index contributed by atoms with van der Waals surface area (Å²) in [4.78, 5) is 22.9. The van der Waals surface area contributed by atoms with Gasteiger partial charge in [0.1, 0.15) is 0 Å². The number of ether oxygens (including phenoxy) is 2. The first-order chi connectivity index (χ1) is 10.1. The van der Waals surface area contributed by atoms with Crippen LogP contribution >= 0.6 is 0 Å². The van der Waals surface area contributed by atoms with Gasteiger partial charge in [-0.15, -0.1) is 0 Å². The first kappa shape index (κ1) is 14.8. The Morgan fingerprint density at radius 2 is 2.05 bits per heavy atom. The van der Waals surface area contributed by atoms with E-state index >= 15 is 0 Å². The molecule has 1 aromatic rings. The van der Waals surface area contributed by atoms with Crippen LogP contribution in [0.4, 0.5) is 0 Å². The van der Waals surface area contributed by atoms with E-state index in [1.165, 1.54) is 6.21 Å². The second-order valence-corrected chi connectivity index (χ2v) is 4.92. The van der Waals surface area contributed by atoms with Crippen molar-refractivity contribution in [2.24, 2.45) is 11.0 Å². The second kappa shape index (κ2) is 6.74. The van der Waals surface area contributed by atoms with Gasteiger partial charge in [-0.2, -0.15) is 5.10 Å². The Morgan fingerprint density at radius 1 is 1.29 bits per heavy atom. The maximum atomic E-state index is 11.5. The van der Waals surface area contributed by atoms with Crippen molar-refractivity contribution in [1.82, 2.24) is 10.7 Å². The fraction of sp³-hybridized carbons (Fsp3) is 0.357. The summed E-state index contributed by atoms with van der Waals surface area (Å²) in [5, 5.41) is 6.24. The van der Waals surface area contributed by atoms with Crippen LogP contribution in [0, 0.1) is 5.92 Å². The Morgan fingerprint density at radius 3 is 2.81 bits per heavy atom. The number of benzene rings is 1. The lowest BCUT2D eigenvalue weighted by Gasteiger charge is -2.05. The predicted molar refractivity (Wildman–Crippen MR) is 76.1 cm³/mol.